The van der Waals surface area contributed by atoms with Crippen molar-refractivity contribution in [2.45, 2.75) is 26.3 Å². The second-order valence-electron chi connectivity index (χ2n) is 4.68. The number of carbonyl (C=O) groups is 1. The van der Waals surface area contributed by atoms with E-state index in [1.54, 1.807) is 11.3 Å². The zero-order valence-corrected chi connectivity index (χ0v) is 13.0. The molecule has 1 aromatic heterocycles. The van der Waals surface area contributed by atoms with Crippen molar-refractivity contribution in [3.05, 3.63) is 20.8 Å². The Morgan fingerprint density at radius 1 is 1.61 bits per heavy atom. The van der Waals surface area contributed by atoms with Crippen molar-refractivity contribution in [1.29, 1.82) is 0 Å². The summed E-state index contributed by atoms with van der Waals surface area (Å²) in [7, 11) is 0. The van der Waals surface area contributed by atoms with Gasteiger partial charge in [-0.25, -0.2) is 0 Å². The quantitative estimate of drug-likeness (QED) is 0.900. The summed E-state index contributed by atoms with van der Waals surface area (Å²) < 4.78 is 1.13. The Balaban J connectivity index is 1.88. The van der Waals surface area contributed by atoms with Gasteiger partial charge in [-0.3, -0.25) is 4.79 Å². The third-order valence-corrected chi connectivity index (χ3v) is 4.94. The Morgan fingerprint density at radius 2 is 2.44 bits per heavy atom. The maximum Gasteiger partial charge on any atom is 0.223 e. The molecule has 5 heteroatoms. The second-order valence-corrected chi connectivity index (χ2v) is 7.22. The zero-order valence-electron chi connectivity index (χ0n) is 10.6. The molecule has 1 unspecified atom stereocenters. The van der Waals surface area contributed by atoms with E-state index in [4.69, 9.17) is 0 Å². The number of nitrogens with one attached hydrogen (secondary N) is 1. The molecule has 2 heterocycles. The third-order valence-electron chi connectivity index (χ3n) is 3.34. The van der Waals surface area contributed by atoms with Crippen molar-refractivity contribution in [1.82, 2.24) is 10.2 Å². The molecule has 2 rings (SSSR count). The van der Waals surface area contributed by atoms with Gasteiger partial charge in [0, 0.05) is 17.8 Å². The Hall–Kier alpha value is -0.390. The summed E-state index contributed by atoms with van der Waals surface area (Å²) in [5.74, 6) is 0.817. The average Bonchev–Trinajstić information content (AvgIpc) is 2.97. The van der Waals surface area contributed by atoms with E-state index < -0.39 is 0 Å². The number of hydrogen-bond donors (Lipinski definition) is 1. The molecular formula is C13H19BrN2OS. The fourth-order valence-corrected chi connectivity index (χ4v) is 3.76. The van der Waals surface area contributed by atoms with Crippen LogP contribution >= 0.6 is 27.3 Å². The molecule has 100 valence electrons. The number of thiophene rings is 1. The molecule has 0 aliphatic carbocycles. The van der Waals surface area contributed by atoms with E-state index in [1.165, 1.54) is 4.88 Å². The Bertz CT molecular complexity index is 401. The van der Waals surface area contributed by atoms with Crippen molar-refractivity contribution >= 4 is 33.2 Å². The number of carbonyl (C=O) groups excluding carboxylic acids is 1. The molecule has 0 aromatic carbocycles. The van der Waals surface area contributed by atoms with Gasteiger partial charge in [-0.1, -0.05) is 0 Å². The molecule has 0 radical (unpaired) electrons. The van der Waals surface area contributed by atoms with Crippen LogP contribution in [0.2, 0.25) is 0 Å². The minimum absolute atomic E-state index is 0.288. The lowest BCUT2D eigenvalue weighted by Crippen LogP contribution is -2.31. The first-order valence-electron chi connectivity index (χ1n) is 6.41. The van der Waals surface area contributed by atoms with Crippen molar-refractivity contribution in [3.8, 4) is 0 Å². The summed E-state index contributed by atoms with van der Waals surface area (Å²) in [4.78, 5) is 15.4. The molecule has 1 aromatic rings. The van der Waals surface area contributed by atoms with Crippen molar-refractivity contribution in [3.63, 3.8) is 0 Å². The smallest absolute Gasteiger partial charge is 0.223 e. The lowest BCUT2D eigenvalue weighted by atomic mass is 10.0. The van der Waals surface area contributed by atoms with Crippen LogP contribution in [0, 0.1) is 5.92 Å². The minimum atomic E-state index is 0.288. The number of halogens is 1. The Labute approximate surface area is 121 Å². The minimum Gasteiger partial charge on any atom is -0.338 e. The fourth-order valence-electron chi connectivity index (χ4n) is 2.27. The third kappa shape index (κ3) is 3.80. The van der Waals surface area contributed by atoms with Crippen LogP contribution in [-0.2, 0) is 11.3 Å². The number of hydrogen-bond acceptors (Lipinski definition) is 3. The molecule has 0 spiro atoms. The highest BCUT2D eigenvalue weighted by Crippen LogP contribution is 2.24. The Kier molecular flexibility index (Phi) is 5.21. The van der Waals surface area contributed by atoms with Gasteiger partial charge in [-0.2, -0.15) is 0 Å². The van der Waals surface area contributed by atoms with Gasteiger partial charge >= 0.3 is 0 Å². The molecular weight excluding hydrogens is 312 g/mol. The van der Waals surface area contributed by atoms with Crippen LogP contribution in [0.4, 0.5) is 0 Å². The molecule has 1 aliphatic heterocycles. The summed E-state index contributed by atoms with van der Waals surface area (Å²) in [6.07, 6.45) is 1.82. The molecule has 0 saturated carbocycles. The van der Waals surface area contributed by atoms with Gasteiger partial charge < -0.3 is 10.2 Å². The van der Waals surface area contributed by atoms with Gasteiger partial charge in [-0.15, -0.1) is 11.3 Å². The van der Waals surface area contributed by atoms with Crippen LogP contribution in [0.25, 0.3) is 0 Å². The van der Waals surface area contributed by atoms with E-state index in [9.17, 15) is 4.79 Å². The lowest BCUT2D eigenvalue weighted by Gasteiger charge is -2.21. The average molecular weight is 331 g/mol. The van der Waals surface area contributed by atoms with E-state index in [0.717, 1.165) is 36.4 Å². The number of rotatable bonds is 5. The van der Waals surface area contributed by atoms with Gasteiger partial charge in [-0.05, 0) is 60.4 Å². The summed E-state index contributed by atoms with van der Waals surface area (Å²) in [6.45, 7) is 5.63. The molecule has 1 atom stereocenters. The van der Waals surface area contributed by atoms with E-state index >= 15 is 0 Å². The highest BCUT2D eigenvalue weighted by molar-refractivity contribution is 9.11. The molecule has 18 heavy (non-hydrogen) atoms. The van der Waals surface area contributed by atoms with Gasteiger partial charge in [0.15, 0.2) is 0 Å². The molecule has 1 saturated heterocycles. The largest absolute Gasteiger partial charge is 0.338 e. The van der Waals surface area contributed by atoms with Crippen LogP contribution in [0.15, 0.2) is 15.9 Å². The maximum absolute atomic E-state index is 12.2. The fraction of sp³-hybridized carbons (Fsp3) is 0.615. The SMILES string of the molecule is CCN(Cc1ccc(Br)s1)C(=O)CC1CCNC1. The predicted molar refractivity (Wildman–Crippen MR) is 78.7 cm³/mol. The molecule has 1 fully saturated rings. The summed E-state index contributed by atoms with van der Waals surface area (Å²) >= 11 is 5.16. The highest BCUT2D eigenvalue weighted by atomic mass is 79.9. The van der Waals surface area contributed by atoms with Crippen molar-refractivity contribution in [2.24, 2.45) is 5.92 Å². The summed E-state index contributed by atoms with van der Waals surface area (Å²) in [6, 6.07) is 4.13. The van der Waals surface area contributed by atoms with Gasteiger partial charge in [0.25, 0.3) is 0 Å². The van der Waals surface area contributed by atoms with Gasteiger partial charge in [0.2, 0.25) is 5.91 Å². The van der Waals surface area contributed by atoms with E-state index in [0.29, 0.717) is 12.3 Å². The van der Waals surface area contributed by atoms with E-state index in [-0.39, 0.29) is 5.91 Å². The number of nitrogens with zero attached hydrogens (tertiary/aromatic N) is 1. The first-order chi connectivity index (χ1) is 8.69. The van der Waals surface area contributed by atoms with Crippen LogP contribution in [-0.4, -0.2) is 30.4 Å². The highest BCUT2D eigenvalue weighted by Gasteiger charge is 2.21. The Morgan fingerprint density at radius 3 is 3.00 bits per heavy atom. The maximum atomic E-state index is 12.2. The first-order valence-corrected chi connectivity index (χ1v) is 8.02. The summed E-state index contributed by atoms with van der Waals surface area (Å²) in [5, 5.41) is 3.31. The van der Waals surface area contributed by atoms with Crippen LogP contribution in [0.1, 0.15) is 24.6 Å². The molecule has 1 amide bonds. The summed E-state index contributed by atoms with van der Waals surface area (Å²) in [5.41, 5.74) is 0. The monoisotopic (exact) mass is 330 g/mol. The first kappa shape index (κ1) is 14.0. The predicted octanol–water partition coefficient (Wildman–Crippen LogP) is 2.86. The van der Waals surface area contributed by atoms with Crippen LogP contribution in [0.5, 0.6) is 0 Å². The number of amides is 1. The normalized spacial score (nSPS) is 19.1. The standard InChI is InChI=1S/C13H19BrN2OS/c1-2-16(9-11-3-4-12(14)18-11)13(17)7-10-5-6-15-8-10/h3-4,10,15H,2,5-9H2,1H3. The molecule has 1 aliphatic rings. The second kappa shape index (κ2) is 6.68. The molecule has 0 bridgehead atoms. The van der Waals surface area contributed by atoms with Crippen LogP contribution < -0.4 is 5.32 Å². The van der Waals surface area contributed by atoms with Crippen molar-refractivity contribution in [2.75, 3.05) is 19.6 Å². The van der Waals surface area contributed by atoms with Gasteiger partial charge in [0.05, 0.1) is 10.3 Å². The molecule has 3 nitrogen and oxygen atoms in total. The van der Waals surface area contributed by atoms with E-state index in [2.05, 4.69) is 27.3 Å². The zero-order chi connectivity index (χ0) is 13.0. The van der Waals surface area contributed by atoms with Crippen molar-refractivity contribution < 1.29 is 4.79 Å². The topological polar surface area (TPSA) is 32.3 Å². The molecule has 1 N–H and O–H groups in total. The van der Waals surface area contributed by atoms with Crippen LogP contribution in [0.3, 0.4) is 0 Å². The van der Waals surface area contributed by atoms with Gasteiger partial charge in [0.1, 0.15) is 0 Å². The lowest BCUT2D eigenvalue weighted by molar-refractivity contribution is -0.132. The van der Waals surface area contributed by atoms with E-state index in [1.807, 2.05) is 17.9 Å².